The fourth-order valence-corrected chi connectivity index (χ4v) is 2.85. The van der Waals surface area contributed by atoms with Gasteiger partial charge in [-0.25, -0.2) is 4.98 Å². The SMILES string of the molecule is CCN(c1ccc([N+](=O)[O-])c(C#N)n1)C1CCC(N)CC1. The normalized spacial score (nSPS) is 21.6. The largest absolute Gasteiger partial charge is 0.354 e. The zero-order valence-electron chi connectivity index (χ0n) is 12.0. The molecule has 1 fully saturated rings. The van der Waals surface area contributed by atoms with Gasteiger partial charge in [0.05, 0.1) is 4.92 Å². The van der Waals surface area contributed by atoms with Gasteiger partial charge in [-0.05, 0) is 38.7 Å². The molecule has 0 unspecified atom stereocenters. The average Bonchev–Trinajstić information content (AvgIpc) is 2.49. The molecule has 7 nitrogen and oxygen atoms in total. The lowest BCUT2D eigenvalue weighted by molar-refractivity contribution is -0.385. The van der Waals surface area contributed by atoms with E-state index in [1.807, 2.05) is 6.92 Å². The number of nitrogens with two attached hydrogens (primary N) is 1. The molecule has 112 valence electrons. The highest BCUT2D eigenvalue weighted by Gasteiger charge is 2.26. The first-order valence-electron chi connectivity index (χ1n) is 7.14. The molecule has 0 saturated heterocycles. The summed E-state index contributed by atoms with van der Waals surface area (Å²) in [5.74, 6) is 0.625. The van der Waals surface area contributed by atoms with Crippen molar-refractivity contribution in [3.8, 4) is 6.07 Å². The zero-order valence-corrected chi connectivity index (χ0v) is 12.0. The van der Waals surface area contributed by atoms with E-state index in [-0.39, 0.29) is 17.4 Å². The molecule has 1 saturated carbocycles. The molecular weight excluding hydrogens is 270 g/mol. The summed E-state index contributed by atoms with van der Waals surface area (Å²) in [6.07, 6.45) is 3.91. The Morgan fingerprint density at radius 1 is 1.48 bits per heavy atom. The minimum atomic E-state index is -0.578. The van der Waals surface area contributed by atoms with E-state index in [0.717, 1.165) is 32.2 Å². The summed E-state index contributed by atoms with van der Waals surface area (Å²) in [4.78, 5) is 16.6. The van der Waals surface area contributed by atoms with Crippen LogP contribution in [0.25, 0.3) is 0 Å². The van der Waals surface area contributed by atoms with Gasteiger partial charge in [0.2, 0.25) is 5.69 Å². The lowest BCUT2D eigenvalue weighted by Gasteiger charge is -2.36. The van der Waals surface area contributed by atoms with Crippen LogP contribution in [-0.2, 0) is 0 Å². The van der Waals surface area contributed by atoms with Crippen LogP contribution in [0.5, 0.6) is 0 Å². The second-order valence-electron chi connectivity index (χ2n) is 5.26. The van der Waals surface area contributed by atoms with Crippen molar-refractivity contribution in [2.45, 2.75) is 44.7 Å². The van der Waals surface area contributed by atoms with Crippen LogP contribution >= 0.6 is 0 Å². The van der Waals surface area contributed by atoms with Crippen molar-refractivity contribution < 1.29 is 4.92 Å². The van der Waals surface area contributed by atoms with Crippen molar-refractivity contribution in [2.24, 2.45) is 5.73 Å². The van der Waals surface area contributed by atoms with Crippen LogP contribution in [0.3, 0.4) is 0 Å². The summed E-state index contributed by atoms with van der Waals surface area (Å²) in [6.45, 7) is 2.76. The van der Waals surface area contributed by atoms with E-state index in [0.29, 0.717) is 11.9 Å². The van der Waals surface area contributed by atoms with E-state index in [1.54, 1.807) is 12.1 Å². The standard InChI is InChI=1S/C14H19N5O2/c1-2-18(11-5-3-10(16)4-6-11)14-8-7-13(19(20)21)12(9-15)17-14/h7-8,10-11H,2-6,16H2,1H3. The molecule has 0 spiro atoms. The third kappa shape index (κ3) is 3.28. The number of nitrogens with zero attached hydrogens (tertiary/aromatic N) is 4. The van der Waals surface area contributed by atoms with Crippen LogP contribution in [0.2, 0.25) is 0 Å². The quantitative estimate of drug-likeness (QED) is 0.670. The Balaban J connectivity index is 2.26. The molecule has 0 atom stereocenters. The second kappa shape index (κ2) is 6.50. The predicted octanol–water partition coefficient (Wildman–Crippen LogP) is 1.96. The van der Waals surface area contributed by atoms with Crippen molar-refractivity contribution >= 4 is 11.5 Å². The van der Waals surface area contributed by atoms with Crippen LogP contribution in [0.15, 0.2) is 12.1 Å². The molecule has 0 amide bonds. The average molecular weight is 289 g/mol. The molecule has 21 heavy (non-hydrogen) atoms. The summed E-state index contributed by atoms with van der Waals surface area (Å²) < 4.78 is 0. The van der Waals surface area contributed by atoms with Gasteiger partial charge in [0, 0.05) is 24.7 Å². The Bertz CT molecular complexity index is 561. The van der Waals surface area contributed by atoms with E-state index in [9.17, 15) is 10.1 Å². The van der Waals surface area contributed by atoms with Crippen LogP contribution in [-0.4, -0.2) is 28.5 Å². The van der Waals surface area contributed by atoms with Gasteiger partial charge in [0.25, 0.3) is 0 Å². The van der Waals surface area contributed by atoms with E-state index in [4.69, 9.17) is 11.0 Å². The van der Waals surface area contributed by atoms with Gasteiger partial charge in [-0.15, -0.1) is 0 Å². The van der Waals surface area contributed by atoms with E-state index < -0.39 is 4.92 Å². The van der Waals surface area contributed by atoms with Crippen molar-refractivity contribution in [1.29, 1.82) is 5.26 Å². The van der Waals surface area contributed by atoms with Crippen molar-refractivity contribution in [3.05, 3.63) is 27.9 Å². The highest BCUT2D eigenvalue weighted by atomic mass is 16.6. The maximum Gasteiger partial charge on any atom is 0.305 e. The van der Waals surface area contributed by atoms with Crippen molar-refractivity contribution in [3.63, 3.8) is 0 Å². The fraction of sp³-hybridized carbons (Fsp3) is 0.571. The number of nitriles is 1. The van der Waals surface area contributed by atoms with Crippen LogP contribution in [0.1, 0.15) is 38.3 Å². The number of hydrogen-bond donors (Lipinski definition) is 1. The molecule has 7 heteroatoms. The zero-order chi connectivity index (χ0) is 15.4. The van der Waals surface area contributed by atoms with E-state index >= 15 is 0 Å². The Labute approximate surface area is 123 Å². The molecule has 0 aliphatic heterocycles. The number of anilines is 1. The molecular formula is C14H19N5O2. The molecule has 1 aliphatic carbocycles. The first-order chi connectivity index (χ1) is 10.1. The first kappa shape index (κ1) is 15.2. The Hall–Kier alpha value is -2.20. The molecule has 1 aromatic rings. The molecule has 1 heterocycles. The molecule has 1 aromatic heterocycles. The lowest BCUT2D eigenvalue weighted by Crippen LogP contribution is -2.41. The molecule has 0 aromatic carbocycles. The van der Waals surface area contributed by atoms with E-state index in [2.05, 4.69) is 9.88 Å². The van der Waals surface area contributed by atoms with Crippen molar-refractivity contribution in [1.82, 2.24) is 4.98 Å². The topological polar surface area (TPSA) is 109 Å². The number of rotatable bonds is 4. The minimum Gasteiger partial charge on any atom is -0.354 e. The Morgan fingerprint density at radius 3 is 2.67 bits per heavy atom. The summed E-state index contributed by atoms with van der Waals surface area (Å²) in [6, 6.07) is 5.38. The number of pyridine rings is 1. The highest BCUT2D eigenvalue weighted by molar-refractivity contribution is 5.52. The van der Waals surface area contributed by atoms with E-state index in [1.165, 1.54) is 6.07 Å². The number of hydrogen-bond acceptors (Lipinski definition) is 6. The van der Waals surface area contributed by atoms with Crippen LogP contribution < -0.4 is 10.6 Å². The van der Waals surface area contributed by atoms with Gasteiger partial charge in [0.15, 0.2) is 0 Å². The van der Waals surface area contributed by atoms with Gasteiger partial charge in [0.1, 0.15) is 11.9 Å². The maximum atomic E-state index is 10.9. The number of aromatic nitrogens is 1. The summed E-state index contributed by atoms with van der Waals surface area (Å²) in [5.41, 5.74) is 5.54. The first-order valence-corrected chi connectivity index (χ1v) is 7.14. The summed E-state index contributed by atoms with van der Waals surface area (Å²) in [5, 5.41) is 19.9. The molecule has 0 bridgehead atoms. The lowest BCUT2D eigenvalue weighted by atomic mass is 9.90. The maximum absolute atomic E-state index is 10.9. The third-order valence-corrected chi connectivity index (χ3v) is 3.98. The Kier molecular flexibility index (Phi) is 4.70. The minimum absolute atomic E-state index is 0.136. The second-order valence-corrected chi connectivity index (χ2v) is 5.26. The number of nitro groups is 1. The van der Waals surface area contributed by atoms with Crippen molar-refractivity contribution in [2.75, 3.05) is 11.4 Å². The molecule has 0 radical (unpaired) electrons. The third-order valence-electron chi connectivity index (χ3n) is 3.98. The van der Waals surface area contributed by atoms with Gasteiger partial charge in [-0.3, -0.25) is 10.1 Å². The van der Waals surface area contributed by atoms with Gasteiger partial charge in [-0.1, -0.05) is 0 Å². The van der Waals surface area contributed by atoms with Gasteiger partial charge >= 0.3 is 5.69 Å². The molecule has 2 N–H and O–H groups in total. The summed E-state index contributed by atoms with van der Waals surface area (Å²) >= 11 is 0. The predicted molar refractivity (Wildman–Crippen MR) is 78.9 cm³/mol. The summed E-state index contributed by atoms with van der Waals surface area (Å²) in [7, 11) is 0. The van der Waals surface area contributed by atoms with Gasteiger partial charge in [-0.2, -0.15) is 5.26 Å². The highest BCUT2D eigenvalue weighted by Crippen LogP contribution is 2.27. The smallest absolute Gasteiger partial charge is 0.305 e. The molecule has 1 aliphatic rings. The van der Waals surface area contributed by atoms with Gasteiger partial charge < -0.3 is 10.6 Å². The fourth-order valence-electron chi connectivity index (χ4n) is 2.85. The Morgan fingerprint density at radius 2 is 2.14 bits per heavy atom. The monoisotopic (exact) mass is 289 g/mol. The van der Waals surface area contributed by atoms with Crippen LogP contribution in [0, 0.1) is 21.4 Å². The van der Waals surface area contributed by atoms with Crippen LogP contribution in [0.4, 0.5) is 11.5 Å². The molecule has 2 rings (SSSR count).